The van der Waals surface area contributed by atoms with E-state index in [2.05, 4.69) is 10.3 Å². The summed E-state index contributed by atoms with van der Waals surface area (Å²) in [5.74, 6) is -2.22. The van der Waals surface area contributed by atoms with Crippen molar-refractivity contribution in [3.05, 3.63) is 52.0 Å². The largest absolute Gasteiger partial charge is 0.480 e. The maximum Gasteiger partial charge on any atom is 0.434 e. The van der Waals surface area contributed by atoms with Crippen molar-refractivity contribution in [2.75, 3.05) is 6.54 Å². The van der Waals surface area contributed by atoms with Crippen LogP contribution in [-0.2, 0) is 22.2 Å². The topological polar surface area (TPSA) is 79.3 Å². The predicted molar refractivity (Wildman–Crippen MR) is 87.7 cm³/mol. The Labute approximate surface area is 150 Å². The van der Waals surface area contributed by atoms with Gasteiger partial charge < -0.3 is 10.4 Å². The highest BCUT2D eigenvalue weighted by Crippen LogP contribution is 2.59. The van der Waals surface area contributed by atoms with Gasteiger partial charge in [0.25, 0.3) is 0 Å². The van der Waals surface area contributed by atoms with E-state index < -0.39 is 35.1 Å². The van der Waals surface area contributed by atoms with Gasteiger partial charge in [0.15, 0.2) is 11.1 Å². The van der Waals surface area contributed by atoms with Gasteiger partial charge in [-0.2, -0.15) is 13.2 Å². The predicted octanol–water partition coefficient (Wildman–Crippen LogP) is 3.08. The molecular formula is C17H15F3N2O3S. The molecule has 2 N–H and O–H groups in total. The molecule has 1 saturated carbocycles. The van der Waals surface area contributed by atoms with Crippen molar-refractivity contribution in [1.29, 1.82) is 0 Å². The van der Waals surface area contributed by atoms with Crippen molar-refractivity contribution in [1.82, 2.24) is 10.3 Å². The summed E-state index contributed by atoms with van der Waals surface area (Å²) in [5, 5.41) is 13.2. The lowest BCUT2D eigenvalue weighted by atomic mass is 9.98. The van der Waals surface area contributed by atoms with E-state index in [0.29, 0.717) is 0 Å². The highest BCUT2D eigenvalue weighted by molar-refractivity contribution is 7.09. The lowest BCUT2D eigenvalue weighted by Gasteiger charge is -2.13. The Morgan fingerprint density at radius 2 is 2.00 bits per heavy atom. The molecule has 138 valence electrons. The van der Waals surface area contributed by atoms with E-state index in [-0.39, 0.29) is 24.4 Å². The number of alkyl halides is 3. The van der Waals surface area contributed by atoms with Crippen LogP contribution in [0.2, 0.25) is 0 Å². The molecule has 1 heterocycles. The molecule has 5 nitrogen and oxygen atoms in total. The lowest BCUT2D eigenvalue weighted by molar-refractivity contribution is -0.149. The number of amides is 1. The first-order valence-corrected chi connectivity index (χ1v) is 8.71. The second-order valence-electron chi connectivity index (χ2n) is 6.07. The molecule has 0 bridgehead atoms. The van der Waals surface area contributed by atoms with Crippen LogP contribution in [0.15, 0.2) is 35.7 Å². The first-order valence-electron chi connectivity index (χ1n) is 7.83. The molecule has 0 spiro atoms. The number of thiazole rings is 1. The van der Waals surface area contributed by atoms with E-state index >= 15 is 0 Å². The molecule has 9 heteroatoms. The van der Waals surface area contributed by atoms with Gasteiger partial charge in [-0.05, 0) is 12.0 Å². The quantitative estimate of drug-likeness (QED) is 0.751. The van der Waals surface area contributed by atoms with Crippen LogP contribution in [0.25, 0.3) is 0 Å². The van der Waals surface area contributed by atoms with E-state index in [1.165, 1.54) is 0 Å². The highest BCUT2D eigenvalue weighted by Gasteiger charge is 2.66. The smallest absolute Gasteiger partial charge is 0.434 e. The number of carboxylic acids is 1. The summed E-state index contributed by atoms with van der Waals surface area (Å²) in [4.78, 5) is 27.6. The summed E-state index contributed by atoms with van der Waals surface area (Å²) in [7, 11) is 0. The van der Waals surface area contributed by atoms with Crippen molar-refractivity contribution in [2.24, 2.45) is 5.41 Å². The molecule has 1 aromatic heterocycles. The zero-order valence-electron chi connectivity index (χ0n) is 13.4. The second-order valence-corrected chi connectivity index (χ2v) is 7.02. The molecule has 1 aliphatic carbocycles. The molecule has 1 amide bonds. The van der Waals surface area contributed by atoms with E-state index in [9.17, 15) is 27.9 Å². The molecule has 26 heavy (non-hydrogen) atoms. The fourth-order valence-electron chi connectivity index (χ4n) is 2.93. The summed E-state index contributed by atoms with van der Waals surface area (Å²) < 4.78 is 37.6. The molecule has 1 aliphatic rings. The van der Waals surface area contributed by atoms with Crippen LogP contribution in [0, 0.1) is 5.41 Å². The highest BCUT2D eigenvalue weighted by atomic mass is 32.1. The number of aromatic nitrogens is 1. The monoisotopic (exact) mass is 384 g/mol. The zero-order chi connectivity index (χ0) is 18.9. The normalized spacial score (nSPS) is 22.0. The maximum atomic E-state index is 12.5. The summed E-state index contributed by atoms with van der Waals surface area (Å²) in [6, 6.07) is 8.91. The van der Waals surface area contributed by atoms with Crippen LogP contribution < -0.4 is 5.32 Å². The van der Waals surface area contributed by atoms with E-state index in [4.69, 9.17) is 0 Å². The average molecular weight is 384 g/mol. The molecule has 0 saturated heterocycles. The molecule has 2 atom stereocenters. The van der Waals surface area contributed by atoms with Crippen LogP contribution in [-0.4, -0.2) is 28.5 Å². The molecule has 2 unspecified atom stereocenters. The summed E-state index contributed by atoms with van der Waals surface area (Å²) >= 11 is 0.856. The fourth-order valence-corrected chi connectivity index (χ4v) is 3.74. The summed E-state index contributed by atoms with van der Waals surface area (Å²) in [6.45, 7) is 0.0280. The molecule has 0 aliphatic heterocycles. The number of nitrogens with one attached hydrogen (secondary N) is 1. The Balaban J connectivity index is 1.60. The number of carbonyl (C=O) groups is 2. The average Bonchev–Trinajstić information content (AvgIpc) is 3.18. The maximum absolute atomic E-state index is 12.5. The standard InChI is InChI=1S/C17H15F3N2O3S/c18-17(19,20)12-9-26-13(22-12)6-7-21-14(23)16(15(24)25)8-11(16)10-4-2-1-3-5-10/h1-5,9,11H,6-8H2,(H,21,23)(H,24,25). The van der Waals surface area contributed by atoms with Gasteiger partial charge in [-0.1, -0.05) is 30.3 Å². The van der Waals surface area contributed by atoms with Gasteiger partial charge in [0, 0.05) is 24.3 Å². The first-order chi connectivity index (χ1) is 12.2. The Morgan fingerprint density at radius 3 is 2.58 bits per heavy atom. The SMILES string of the molecule is O=C(O)C1(C(=O)NCCc2nc(C(F)(F)F)cs2)CC1c1ccccc1. The lowest BCUT2D eigenvalue weighted by Crippen LogP contribution is -2.39. The van der Waals surface area contributed by atoms with Crippen molar-refractivity contribution in [3.63, 3.8) is 0 Å². The third-order valence-corrected chi connectivity index (χ3v) is 5.32. The number of hydrogen-bond acceptors (Lipinski definition) is 4. The van der Waals surface area contributed by atoms with Gasteiger partial charge in [-0.3, -0.25) is 9.59 Å². The van der Waals surface area contributed by atoms with E-state index in [1.807, 2.05) is 0 Å². The minimum Gasteiger partial charge on any atom is -0.480 e. The summed E-state index contributed by atoms with van der Waals surface area (Å²) in [6.07, 6.45) is -4.19. The van der Waals surface area contributed by atoms with Crippen LogP contribution in [0.5, 0.6) is 0 Å². The zero-order valence-corrected chi connectivity index (χ0v) is 14.2. The number of nitrogens with zero attached hydrogens (tertiary/aromatic N) is 1. The second kappa shape index (κ2) is 6.71. The van der Waals surface area contributed by atoms with Crippen molar-refractivity contribution in [2.45, 2.75) is 24.9 Å². The van der Waals surface area contributed by atoms with Gasteiger partial charge in [-0.25, -0.2) is 4.98 Å². The minimum atomic E-state index is -4.50. The first kappa shape index (κ1) is 18.4. The minimum absolute atomic E-state index is 0.0280. The van der Waals surface area contributed by atoms with Crippen molar-refractivity contribution < 1.29 is 27.9 Å². The third-order valence-electron chi connectivity index (χ3n) is 4.42. The van der Waals surface area contributed by atoms with Gasteiger partial charge in [0.1, 0.15) is 0 Å². The van der Waals surface area contributed by atoms with Crippen LogP contribution in [0.1, 0.15) is 28.6 Å². The number of benzene rings is 1. The molecule has 3 rings (SSSR count). The Kier molecular flexibility index (Phi) is 4.74. The Hall–Kier alpha value is -2.42. The van der Waals surface area contributed by atoms with Gasteiger partial charge in [0.2, 0.25) is 5.91 Å². The van der Waals surface area contributed by atoms with Gasteiger partial charge in [-0.15, -0.1) is 11.3 Å². The molecule has 0 radical (unpaired) electrons. The number of carbonyl (C=O) groups excluding carboxylic acids is 1. The Morgan fingerprint density at radius 1 is 1.31 bits per heavy atom. The molecule has 2 aromatic rings. The van der Waals surface area contributed by atoms with Gasteiger partial charge >= 0.3 is 12.1 Å². The Bertz CT molecular complexity index is 822. The van der Waals surface area contributed by atoms with Crippen LogP contribution >= 0.6 is 11.3 Å². The van der Waals surface area contributed by atoms with Crippen LogP contribution in [0.3, 0.4) is 0 Å². The molecule has 1 fully saturated rings. The van der Waals surface area contributed by atoms with E-state index in [0.717, 1.165) is 22.3 Å². The number of rotatable bonds is 6. The number of halogens is 3. The van der Waals surface area contributed by atoms with Crippen molar-refractivity contribution in [3.8, 4) is 0 Å². The van der Waals surface area contributed by atoms with Crippen molar-refractivity contribution >= 4 is 23.2 Å². The van der Waals surface area contributed by atoms with E-state index in [1.54, 1.807) is 30.3 Å². The van der Waals surface area contributed by atoms with Crippen LogP contribution in [0.4, 0.5) is 13.2 Å². The third kappa shape index (κ3) is 3.44. The number of carboxylic acid groups (broad SMARTS) is 1. The summed E-state index contributed by atoms with van der Waals surface area (Å²) in [5.41, 5.74) is -1.70. The number of aliphatic carboxylic acids is 1. The van der Waals surface area contributed by atoms with Gasteiger partial charge in [0.05, 0.1) is 5.01 Å². The molecule has 1 aromatic carbocycles. The number of hydrogen-bond donors (Lipinski definition) is 2. The fraction of sp³-hybridized carbons (Fsp3) is 0.353. The molecular weight excluding hydrogens is 369 g/mol.